The number of carbonyl (C=O) groups excluding carboxylic acids is 1. The summed E-state index contributed by atoms with van der Waals surface area (Å²) in [5, 5.41) is 3.35. The minimum absolute atomic E-state index is 0.119. The Morgan fingerprint density at radius 2 is 2.12 bits per heavy atom. The van der Waals surface area contributed by atoms with Crippen LogP contribution in [-0.2, 0) is 9.53 Å². The van der Waals surface area contributed by atoms with Crippen molar-refractivity contribution in [3.05, 3.63) is 0 Å². The molecule has 98 valence electrons. The molecule has 17 heavy (non-hydrogen) atoms. The van der Waals surface area contributed by atoms with Crippen molar-refractivity contribution < 1.29 is 9.53 Å². The van der Waals surface area contributed by atoms with Gasteiger partial charge >= 0.3 is 5.97 Å². The van der Waals surface area contributed by atoms with Gasteiger partial charge in [0.2, 0.25) is 0 Å². The van der Waals surface area contributed by atoms with E-state index in [0.717, 1.165) is 24.9 Å². The Hall–Kier alpha value is -0.610. The van der Waals surface area contributed by atoms with Gasteiger partial charge in [-0.15, -0.1) is 0 Å². The standard InChI is InChI=1S/C13H24N2O2/c1-14-12-6-11(5-10-3-4-10)7-15(8-12)9-13(16)17-2/h10-12,14H,3-9H2,1-2H3. The summed E-state index contributed by atoms with van der Waals surface area (Å²) in [5.74, 6) is 1.60. The van der Waals surface area contributed by atoms with Gasteiger partial charge < -0.3 is 10.1 Å². The molecule has 0 aromatic heterocycles. The van der Waals surface area contributed by atoms with E-state index in [1.165, 1.54) is 32.8 Å². The lowest BCUT2D eigenvalue weighted by Gasteiger charge is -2.37. The van der Waals surface area contributed by atoms with Crippen molar-refractivity contribution in [2.24, 2.45) is 11.8 Å². The summed E-state index contributed by atoms with van der Waals surface area (Å²) in [4.78, 5) is 13.6. The lowest BCUT2D eigenvalue weighted by Crippen LogP contribution is -2.49. The summed E-state index contributed by atoms with van der Waals surface area (Å²) in [5.41, 5.74) is 0. The molecule has 0 bridgehead atoms. The maximum Gasteiger partial charge on any atom is 0.319 e. The van der Waals surface area contributed by atoms with Crippen LogP contribution in [0.15, 0.2) is 0 Å². The fourth-order valence-corrected chi connectivity index (χ4v) is 2.88. The first-order valence-electron chi connectivity index (χ1n) is 6.67. The Balaban J connectivity index is 1.84. The van der Waals surface area contributed by atoms with Gasteiger partial charge in [-0.2, -0.15) is 0 Å². The van der Waals surface area contributed by atoms with E-state index in [9.17, 15) is 4.79 Å². The third-order valence-electron chi connectivity index (χ3n) is 3.97. The number of methoxy groups -OCH3 is 1. The minimum Gasteiger partial charge on any atom is -0.468 e. The molecule has 1 saturated carbocycles. The van der Waals surface area contributed by atoms with Gasteiger partial charge in [-0.3, -0.25) is 9.69 Å². The molecule has 2 atom stereocenters. The van der Waals surface area contributed by atoms with Crippen LogP contribution in [0.4, 0.5) is 0 Å². The summed E-state index contributed by atoms with van der Waals surface area (Å²) in [6, 6.07) is 0.525. The number of likely N-dealkylation sites (tertiary alicyclic amines) is 1. The number of piperidine rings is 1. The third kappa shape index (κ3) is 3.96. The van der Waals surface area contributed by atoms with E-state index in [-0.39, 0.29) is 5.97 Å². The SMILES string of the molecule is CNC1CC(CC2CC2)CN(CC(=O)OC)C1. The zero-order valence-electron chi connectivity index (χ0n) is 10.9. The first-order chi connectivity index (χ1) is 8.21. The molecule has 1 N–H and O–H groups in total. The molecule has 0 amide bonds. The predicted octanol–water partition coefficient (Wildman–Crippen LogP) is 0.869. The number of hydrogen-bond donors (Lipinski definition) is 1. The molecule has 1 aliphatic carbocycles. The lowest BCUT2D eigenvalue weighted by molar-refractivity contribution is -0.142. The second-order valence-electron chi connectivity index (χ2n) is 5.54. The van der Waals surface area contributed by atoms with Gasteiger partial charge in [0.05, 0.1) is 13.7 Å². The monoisotopic (exact) mass is 240 g/mol. The van der Waals surface area contributed by atoms with Crippen LogP contribution in [-0.4, -0.2) is 50.7 Å². The second-order valence-corrected chi connectivity index (χ2v) is 5.54. The van der Waals surface area contributed by atoms with Crippen LogP contribution in [0.25, 0.3) is 0 Å². The molecule has 0 radical (unpaired) electrons. The summed E-state index contributed by atoms with van der Waals surface area (Å²) in [6.45, 7) is 2.46. The number of hydrogen-bond acceptors (Lipinski definition) is 4. The second kappa shape index (κ2) is 5.83. The summed E-state index contributed by atoms with van der Waals surface area (Å²) < 4.78 is 4.75. The fourth-order valence-electron chi connectivity index (χ4n) is 2.88. The third-order valence-corrected chi connectivity index (χ3v) is 3.97. The first kappa shape index (κ1) is 12.8. The molecule has 2 aliphatic rings. The molecule has 2 fully saturated rings. The minimum atomic E-state index is -0.119. The lowest BCUT2D eigenvalue weighted by atomic mass is 9.90. The molecule has 1 aliphatic heterocycles. The number of carbonyl (C=O) groups is 1. The number of ether oxygens (including phenoxy) is 1. The zero-order chi connectivity index (χ0) is 12.3. The molecule has 2 unspecified atom stereocenters. The summed E-state index contributed by atoms with van der Waals surface area (Å²) in [7, 11) is 3.48. The number of nitrogens with zero attached hydrogens (tertiary/aromatic N) is 1. The maximum atomic E-state index is 11.3. The molecule has 2 rings (SSSR count). The van der Waals surface area contributed by atoms with E-state index >= 15 is 0 Å². The van der Waals surface area contributed by atoms with Gasteiger partial charge in [0.15, 0.2) is 0 Å². The average Bonchev–Trinajstić information content (AvgIpc) is 3.12. The van der Waals surface area contributed by atoms with Crippen molar-refractivity contribution in [2.75, 3.05) is 33.8 Å². The van der Waals surface area contributed by atoms with Crippen LogP contribution in [0, 0.1) is 11.8 Å². The Labute approximate surface area is 104 Å². The summed E-state index contributed by atoms with van der Waals surface area (Å²) in [6.07, 6.45) is 5.43. The van der Waals surface area contributed by atoms with Crippen molar-refractivity contribution in [1.29, 1.82) is 0 Å². The highest BCUT2D eigenvalue weighted by Crippen LogP contribution is 2.37. The van der Waals surface area contributed by atoms with Gasteiger partial charge in [-0.25, -0.2) is 0 Å². The highest BCUT2D eigenvalue weighted by atomic mass is 16.5. The zero-order valence-corrected chi connectivity index (χ0v) is 10.9. The average molecular weight is 240 g/mol. The smallest absolute Gasteiger partial charge is 0.319 e. The Morgan fingerprint density at radius 3 is 2.71 bits per heavy atom. The molecule has 0 aromatic rings. The van der Waals surface area contributed by atoms with E-state index in [0.29, 0.717) is 12.6 Å². The van der Waals surface area contributed by atoms with Crippen LogP contribution in [0.5, 0.6) is 0 Å². The van der Waals surface area contributed by atoms with Crippen molar-refractivity contribution >= 4 is 5.97 Å². The van der Waals surface area contributed by atoms with Crippen LogP contribution in [0.3, 0.4) is 0 Å². The van der Waals surface area contributed by atoms with Crippen molar-refractivity contribution in [3.63, 3.8) is 0 Å². The number of nitrogens with one attached hydrogen (secondary N) is 1. The fraction of sp³-hybridized carbons (Fsp3) is 0.923. The van der Waals surface area contributed by atoms with Crippen LogP contribution in [0.1, 0.15) is 25.7 Å². The van der Waals surface area contributed by atoms with Gasteiger partial charge in [0.1, 0.15) is 0 Å². The Kier molecular flexibility index (Phi) is 4.40. The number of likely N-dealkylation sites (N-methyl/N-ethyl adjacent to an activating group) is 1. The molecule has 1 saturated heterocycles. The van der Waals surface area contributed by atoms with Crippen LogP contribution in [0.2, 0.25) is 0 Å². The highest BCUT2D eigenvalue weighted by molar-refractivity contribution is 5.71. The first-order valence-corrected chi connectivity index (χ1v) is 6.67. The predicted molar refractivity (Wildman–Crippen MR) is 66.8 cm³/mol. The Bertz CT molecular complexity index is 266. The topological polar surface area (TPSA) is 41.6 Å². The molecule has 4 nitrogen and oxygen atoms in total. The molecule has 0 spiro atoms. The number of esters is 1. The molecule has 0 aromatic carbocycles. The summed E-state index contributed by atoms with van der Waals surface area (Å²) >= 11 is 0. The molecule has 4 heteroatoms. The van der Waals surface area contributed by atoms with Gasteiger partial charge in [0.25, 0.3) is 0 Å². The van der Waals surface area contributed by atoms with Gasteiger partial charge in [-0.1, -0.05) is 12.8 Å². The van der Waals surface area contributed by atoms with Crippen LogP contribution < -0.4 is 5.32 Å². The number of rotatable bonds is 5. The molecular weight excluding hydrogens is 216 g/mol. The van der Waals surface area contributed by atoms with Crippen molar-refractivity contribution in [3.8, 4) is 0 Å². The molecular formula is C13H24N2O2. The van der Waals surface area contributed by atoms with E-state index < -0.39 is 0 Å². The van der Waals surface area contributed by atoms with Gasteiger partial charge in [-0.05, 0) is 31.7 Å². The van der Waals surface area contributed by atoms with E-state index in [4.69, 9.17) is 4.74 Å². The van der Waals surface area contributed by atoms with E-state index in [2.05, 4.69) is 10.2 Å². The maximum absolute atomic E-state index is 11.3. The van der Waals surface area contributed by atoms with Crippen LogP contribution >= 0.6 is 0 Å². The van der Waals surface area contributed by atoms with Crippen molar-refractivity contribution in [1.82, 2.24) is 10.2 Å². The van der Waals surface area contributed by atoms with E-state index in [1.54, 1.807) is 0 Å². The molecule has 1 heterocycles. The quantitative estimate of drug-likeness (QED) is 0.724. The van der Waals surface area contributed by atoms with E-state index in [1.807, 2.05) is 7.05 Å². The Morgan fingerprint density at radius 1 is 1.35 bits per heavy atom. The van der Waals surface area contributed by atoms with Crippen molar-refractivity contribution in [2.45, 2.75) is 31.7 Å². The normalized spacial score (nSPS) is 30.2. The highest BCUT2D eigenvalue weighted by Gasteiger charge is 2.32. The van der Waals surface area contributed by atoms with Gasteiger partial charge in [0, 0.05) is 19.1 Å². The largest absolute Gasteiger partial charge is 0.468 e.